The quantitative estimate of drug-likeness (QED) is 0.899. The Morgan fingerprint density at radius 2 is 2.06 bits per heavy atom. The fourth-order valence-electron chi connectivity index (χ4n) is 2.50. The van der Waals surface area contributed by atoms with Crippen LogP contribution >= 0.6 is 11.6 Å². The lowest BCUT2D eigenvalue weighted by molar-refractivity contribution is 0.0103. The lowest BCUT2D eigenvalue weighted by Gasteiger charge is -2.29. The molecule has 0 radical (unpaired) electrons. The Morgan fingerprint density at radius 3 is 2.72 bits per heavy atom. The van der Waals surface area contributed by atoms with E-state index in [1.807, 2.05) is 18.2 Å². The molecule has 0 bridgehead atoms. The first kappa shape index (κ1) is 13.9. The van der Waals surface area contributed by atoms with Crippen LogP contribution in [0.5, 0.6) is 0 Å². The van der Waals surface area contributed by atoms with Gasteiger partial charge in [0.2, 0.25) is 0 Å². The molecule has 1 aliphatic heterocycles. The molecule has 1 fully saturated rings. The van der Waals surface area contributed by atoms with Gasteiger partial charge in [-0.2, -0.15) is 0 Å². The number of hydrogen-bond donors (Lipinski definition) is 1. The lowest BCUT2D eigenvalue weighted by atomic mass is 9.83. The van der Waals surface area contributed by atoms with Crippen LogP contribution in [0.15, 0.2) is 24.3 Å². The van der Waals surface area contributed by atoms with Gasteiger partial charge in [-0.05, 0) is 18.9 Å². The minimum absolute atomic E-state index is 0.0682. The molecule has 1 saturated heterocycles. The minimum atomic E-state index is 0.0682. The summed E-state index contributed by atoms with van der Waals surface area (Å²) in [6, 6.07) is 7.96. The lowest BCUT2D eigenvalue weighted by Crippen LogP contribution is -2.34. The average molecular weight is 268 g/mol. The Bertz CT molecular complexity index is 390. The van der Waals surface area contributed by atoms with Crippen molar-refractivity contribution in [1.29, 1.82) is 0 Å². The van der Waals surface area contributed by atoms with Crippen molar-refractivity contribution in [3.63, 3.8) is 0 Å². The SMILES string of the molecule is CCC1(CC)CNCC(c2ccccc2Cl)OC1. The molecule has 1 unspecified atom stereocenters. The molecule has 1 aromatic carbocycles. The monoisotopic (exact) mass is 267 g/mol. The first-order valence-corrected chi connectivity index (χ1v) is 7.15. The fourth-order valence-corrected chi connectivity index (χ4v) is 2.75. The van der Waals surface area contributed by atoms with Crippen LogP contribution in [0.1, 0.15) is 38.4 Å². The summed E-state index contributed by atoms with van der Waals surface area (Å²) < 4.78 is 6.12. The van der Waals surface area contributed by atoms with Crippen LogP contribution in [0.3, 0.4) is 0 Å². The number of rotatable bonds is 3. The summed E-state index contributed by atoms with van der Waals surface area (Å²) in [7, 11) is 0. The predicted octanol–water partition coefficient (Wildman–Crippen LogP) is 3.81. The molecule has 0 saturated carbocycles. The highest BCUT2D eigenvalue weighted by Crippen LogP contribution is 2.33. The van der Waals surface area contributed by atoms with E-state index in [2.05, 4.69) is 25.2 Å². The van der Waals surface area contributed by atoms with Crippen LogP contribution in [0.4, 0.5) is 0 Å². The maximum Gasteiger partial charge on any atom is 0.0963 e. The molecule has 0 aliphatic carbocycles. The molecule has 0 aromatic heterocycles. The van der Waals surface area contributed by atoms with E-state index in [0.717, 1.165) is 43.1 Å². The van der Waals surface area contributed by atoms with Crippen molar-refractivity contribution in [3.8, 4) is 0 Å². The normalized spacial score (nSPS) is 23.6. The van der Waals surface area contributed by atoms with Gasteiger partial charge in [0.15, 0.2) is 0 Å². The first-order valence-electron chi connectivity index (χ1n) is 6.77. The minimum Gasteiger partial charge on any atom is -0.372 e. The van der Waals surface area contributed by atoms with E-state index in [1.54, 1.807) is 0 Å². The Balaban J connectivity index is 2.12. The standard InChI is InChI=1S/C15H22ClNO/c1-3-15(4-2)10-17-9-14(18-11-15)12-7-5-6-8-13(12)16/h5-8,14,17H,3-4,9-11H2,1-2H3. The Kier molecular flexibility index (Phi) is 4.66. The summed E-state index contributed by atoms with van der Waals surface area (Å²) in [6.07, 6.45) is 2.36. The highest BCUT2D eigenvalue weighted by molar-refractivity contribution is 6.31. The number of nitrogens with one attached hydrogen (secondary N) is 1. The number of halogens is 1. The largest absolute Gasteiger partial charge is 0.372 e. The summed E-state index contributed by atoms with van der Waals surface area (Å²) >= 11 is 6.24. The zero-order chi connectivity index (χ0) is 13.0. The summed E-state index contributed by atoms with van der Waals surface area (Å²) in [6.45, 7) is 7.16. The van der Waals surface area contributed by atoms with Crippen LogP contribution in [-0.2, 0) is 4.74 Å². The van der Waals surface area contributed by atoms with Crippen LogP contribution in [-0.4, -0.2) is 19.7 Å². The van der Waals surface area contributed by atoms with E-state index in [1.165, 1.54) is 0 Å². The van der Waals surface area contributed by atoms with E-state index in [9.17, 15) is 0 Å². The number of hydrogen-bond acceptors (Lipinski definition) is 2. The first-order chi connectivity index (χ1) is 8.71. The van der Waals surface area contributed by atoms with Gasteiger partial charge in [-0.15, -0.1) is 0 Å². The average Bonchev–Trinajstić information content (AvgIpc) is 2.62. The highest BCUT2D eigenvalue weighted by atomic mass is 35.5. The van der Waals surface area contributed by atoms with Gasteiger partial charge in [0.05, 0.1) is 12.7 Å². The van der Waals surface area contributed by atoms with E-state index < -0.39 is 0 Å². The fraction of sp³-hybridized carbons (Fsp3) is 0.600. The van der Waals surface area contributed by atoms with Crippen molar-refractivity contribution in [2.45, 2.75) is 32.8 Å². The maximum atomic E-state index is 6.24. The highest BCUT2D eigenvalue weighted by Gasteiger charge is 2.31. The van der Waals surface area contributed by atoms with Crippen LogP contribution in [0.25, 0.3) is 0 Å². The molecular formula is C15H22ClNO. The molecule has 1 heterocycles. The zero-order valence-corrected chi connectivity index (χ0v) is 12.0. The molecule has 2 rings (SSSR count). The van der Waals surface area contributed by atoms with Crippen molar-refractivity contribution in [2.24, 2.45) is 5.41 Å². The van der Waals surface area contributed by atoms with E-state index in [0.29, 0.717) is 0 Å². The molecule has 100 valence electrons. The van der Waals surface area contributed by atoms with Gasteiger partial charge in [0, 0.05) is 29.1 Å². The third-order valence-corrected chi connectivity index (χ3v) is 4.52. The summed E-state index contributed by atoms with van der Waals surface area (Å²) in [4.78, 5) is 0. The molecule has 1 aromatic rings. The van der Waals surface area contributed by atoms with Crippen LogP contribution < -0.4 is 5.32 Å². The summed E-state index contributed by atoms with van der Waals surface area (Å²) in [5, 5.41) is 4.33. The van der Waals surface area contributed by atoms with Gasteiger partial charge < -0.3 is 10.1 Å². The molecular weight excluding hydrogens is 246 g/mol. The van der Waals surface area contributed by atoms with Gasteiger partial charge in [-0.3, -0.25) is 0 Å². The van der Waals surface area contributed by atoms with Crippen LogP contribution in [0.2, 0.25) is 5.02 Å². The van der Waals surface area contributed by atoms with Crippen molar-refractivity contribution in [3.05, 3.63) is 34.9 Å². The van der Waals surface area contributed by atoms with Gasteiger partial charge in [0.1, 0.15) is 0 Å². The molecule has 3 heteroatoms. The van der Waals surface area contributed by atoms with Crippen molar-refractivity contribution in [1.82, 2.24) is 5.32 Å². The molecule has 1 aliphatic rings. The van der Waals surface area contributed by atoms with Gasteiger partial charge in [-0.25, -0.2) is 0 Å². The van der Waals surface area contributed by atoms with Crippen molar-refractivity contribution >= 4 is 11.6 Å². The second-order valence-electron chi connectivity index (χ2n) is 5.16. The van der Waals surface area contributed by atoms with Crippen molar-refractivity contribution in [2.75, 3.05) is 19.7 Å². The van der Waals surface area contributed by atoms with Gasteiger partial charge >= 0.3 is 0 Å². The smallest absolute Gasteiger partial charge is 0.0963 e. The second kappa shape index (κ2) is 6.05. The van der Waals surface area contributed by atoms with Crippen LogP contribution in [0, 0.1) is 5.41 Å². The maximum absolute atomic E-state index is 6.24. The molecule has 0 amide bonds. The summed E-state index contributed by atoms with van der Waals surface area (Å²) in [5.41, 5.74) is 1.37. The number of benzene rings is 1. The molecule has 1 N–H and O–H groups in total. The molecule has 18 heavy (non-hydrogen) atoms. The molecule has 2 nitrogen and oxygen atoms in total. The Hall–Kier alpha value is -0.570. The van der Waals surface area contributed by atoms with Gasteiger partial charge in [0.25, 0.3) is 0 Å². The van der Waals surface area contributed by atoms with Crippen molar-refractivity contribution < 1.29 is 4.74 Å². The Labute approximate surface area is 115 Å². The third kappa shape index (κ3) is 2.87. The number of ether oxygens (including phenoxy) is 1. The van der Waals surface area contributed by atoms with Gasteiger partial charge in [-0.1, -0.05) is 43.6 Å². The molecule has 1 atom stereocenters. The summed E-state index contributed by atoms with van der Waals surface area (Å²) in [5.74, 6) is 0. The third-order valence-electron chi connectivity index (χ3n) is 4.17. The van der Waals surface area contributed by atoms with E-state index in [-0.39, 0.29) is 11.5 Å². The predicted molar refractivity (Wildman–Crippen MR) is 76.0 cm³/mol. The Morgan fingerprint density at radius 1 is 1.33 bits per heavy atom. The molecule has 0 spiro atoms. The van der Waals surface area contributed by atoms with E-state index in [4.69, 9.17) is 16.3 Å². The topological polar surface area (TPSA) is 21.3 Å². The second-order valence-corrected chi connectivity index (χ2v) is 5.57. The van der Waals surface area contributed by atoms with E-state index >= 15 is 0 Å². The zero-order valence-electron chi connectivity index (χ0n) is 11.2.